The Morgan fingerprint density at radius 2 is 1.38 bits per heavy atom. The first-order chi connectivity index (χ1) is 13.2. The number of nitrogens with zero attached hydrogens (tertiary/aromatic N) is 2. The van der Waals surface area contributed by atoms with Crippen molar-refractivity contribution in [3.05, 3.63) is 47.3 Å². The predicted molar refractivity (Wildman–Crippen MR) is 104 cm³/mol. The first-order valence-corrected chi connectivity index (χ1v) is 11.8. The van der Waals surface area contributed by atoms with Gasteiger partial charge in [0, 0.05) is 43.3 Å². The third-order valence-corrected chi connectivity index (χ3v) is 4.21. The Labute approximate surface area is 167 Å². The van der Waals surface area contributed by atoms with Crippen LogP contribution < -0.4 is 4.57 Å². The molecule has 0 radical (unpaired) electrons. The average Bonchev–Trinajstić information content (AvgIpc) is 3.07. The molecule has 0 saturated heterocycles. The molecule has 0 fully saturated rings. The number of hydrogen-bond donors (Lipinski definition) is 1. The van der Waals surface area contributed by atoms with E-state index in [4.69, 9.17) is 0 Å². The van der Waals surface area contributed by atoms with E-state index in [0.29, 0.717) is 0 Å². The van der Waals surface area contributed by atoms with Gasteiger partial charge in [-0.05, 0) is 25.3 Å². The quantitative estimate of drug-likeness (QED) is 0.245. The van der Waals surface area contributed by atoms with Gasteiger partial charge in [-0.15, -0.1) is 0 Å². The minimum atomic E-state index is -10.7. The summed E-state index contributed by atoms with van der Waals surface area (Å²) in [6.07, 6.45) is 12.1. The molecule has 0 aliphatic heterocycles. The van der Waals surface area contributed by atoms with E-state index in [-0.39, 0.29) is 0 Å². The normalized spacial score (nSPS) is 14.0. The molecule has 0 spiro atoms. The van der Waals surface area contributed by atoms with Gasteiger partial charge in [0.25, 0.3) is 0 Å². The van der Waals surface area contributed by atoms with E-state index >= 15 is 0 Å². The average molecular weight is 445 g/mol. The van der Waals surface area contributed by atoms with Crippen LogP contribution >= 0.6 is 7.81 Å². The Morgan fingerprint density at radius 1 is 0.897 bits per heavy atom. The van der Waals surface area contributed by atoms with E-state index in [0.717, 1.165) is 13.0 Å². The van der Waals surface area contributed by atoms with Crippen molar-refractivity contribution in [3.8, 4) is 0 Å². The van der Waals surface area contributed by atoms with E-state index in [1.165, 1.54) is 61.2 Å². The number of aromatic amines is 1. The number of H-pyrrole nitrogens is 1. The van der Waals surface area contributed by atoms with Gasteiger partial charge in [0.15, 0.2) is 17.9 Å². The van der Waals surface area contributed by atoms with Gasteiger partial charge in [0.05, 0.1) is 6.33 Å². The Hall–Kier alpha value is -1.63. The van der Waals surface area contributed by atoms with Crippen molar-refractivity contribution in [2.45, 2.75) is 72.3 Å². The van der Waals surface area contributed by atoms with Gasteiger partial charge >= 0.3 is 33.0 Å². The fraction of sp³-hybridized carbons (Fsp3) is 0.579. The van der Waals surface area contributed by atoms with E-state index in [2.05, 4.69) is 47.4 Å². The number of nitrogens with one attached hydrogen (secondary N) is 1. The molecule has 168 valence electrons. The molecule has 2 heterocycles. The third kappa shape index (κ3) is 13.3. The second-order valence-corrected chi connectivity index (χ2v) is 9.08. The SMILES string of the molecule is CCCCc1cc(C)cc(CCCC)[n+]1CCc1cnc[nH]1.F[P-](F)(F)(F)(F)F. The maximum absolute atomic E-state index is 10.7. The number of aryl methyl sites for hydroxylation is 4. The Balaban J connectivity index is 0.000000516. The van der Waals surface area contributed by atoms with Crippen molar-refractivity contribution < 1.29 is 29.7 Å². The van der Waals surface area contributed by atoms with Crippen molar-refractivity contribution in [3.63, 3.8) is 0 Å². The number of imidazole rings is 1. The molecule has 3 nitrogen and oxygen atoms in total. The summed E-state index contributed by atoms with van der Waals surface area (Å²) >= 11 is 0. The summed E-state index contributed by atoms with van der Waals surface area (Å²) in [6, 6.07) is 4.75. The molecule has 1 N–H and O–H groups in total. The molecule has 0 unspecified atom stereocenters. The molecule has 0 saturated carbocycles. The molecule has 0 amide bonds. The third-order valence-electron chi connectivity index (χ3n) is 4.21. The van der Waals surface area contributed by atoms with Crippen LogP contribution in [0.15, 0.2) is 24.7 Å². The molecule has 0 bridgehead atoms. The standard InChI is InChI=1S/C19H30N3.F6P/c1-4-6-8-18-12-16(3)13-19(9-7-5-2)22(18)11-10-17-14-20-15-21-17;1-7(2,3,4,5)6/h12-15H,4-11H2,1-3H3,(H,20,21);/q+1;-1. The molecule has 0 aromatic carbocycles. The van der Waals surface area contributed by atoms with Crippen LogP contribution in [0, 0.1) is 6.92 Å². The first-order valence-electron chi connectivity index (χ1n) is 9.75. The molecule has 2 rings (SSSR count). The van der Waals surface area contributed by atoms with Crippen LogP contribution in [0.5, 0.6) is 0 Å². The molecule has 0 aliphatic carbocycles. The first kappa shape index (κ1) is 25.4. The summed E-state index contributed by atoms with van der Waals surface area (Å²) in [5, 5.41) is 0. The van der Waals surface area contributed by atoms with Crippen LogP contribution in [0.4, 0.5) is 25.2 Å². The van der Waals surface area contributed by atoms with Gasteiger partial charge in [-0.2, -0.15) is 4.57 Å². The summed E-state index contributed by atoms with van der Waals surface area (Å²) in [5.74, 6) is 0. The minimum absolute atomic E-state index is 1.02. The number of unbranched alkanes of at least 4 members (excludes halogenated alkanes) is 2. The van der Waals surface area contributed by atoms with Crippen LogP contribution in [0.25, 0.3) is 0 Å². The predicted octanol–water partition coefficient (Wildman–Crippen LogP) is 7.32. The van der Waals surface area contributed by atoms with Crippen LogP contribution in [0.2, 0.25) is 0 Å². The van der Waals surface area contributed by atoms with Gasteiger partial charge < -0.3 is 4.98 Å². The number of pyridine rings is 1. The Bertz CT molecular complexity index is 718. The topological polar surface area (TPSA) is 32.6 Å². The van der Waals surface area contributed by atoms with Crippen molar-refractivity contribution >= 4 is 7.81 Å². The zero-order valence-electron chi connectivity index (χ0n) is 17.1. The molecule has 2 aromatic rings. The number of halogens is 6. The molecule has 2 aromatic heterocycles. The molecular weight excluding hydrogens is 415 g/mol. The van der Waals surface area contributed by atoms with Crippen molar-refractivity contribution in [1.82, 2.24) is 9.97 Å². The van der Waals surface area contributed by atoms with Crippen LogP contribution in [0.1, 0.15) is 62.2 Å². The number of hydrogen-bond acceptors (Lipinski definition) is 1. The Morgan fingerprint density at radius 3 is 1.76 bits per heavy atom. The van der Waals surface area contributed by atoms with Gasteiger partial charge in [-0.1, -0.05) is 26.7 Å². The molecule has 29 heavy (non-hydrogen) atoms. The fourth-order valence-electron chi connectivity index (χ4n) is 2.98. The summed E-state index contributed by atoms with van der Waals surface area (Å²) in [5.41, 5.74) is 5.60. The van der Waals surface area contributed by atoms with E-state index in [1.807, 2.05) is 6.20 Å². The summed E-state index contributed by atoms with van der Waals surface area (Å²) in [6.45, 7) is 7.80. The molecule has 10 heteroatoms. The van der Waals surface area contributed by atoms with E-state index in [9.17, 15) is 25.2 Å². The summed E-state index contributed by atoms with van der Waals surface area (Å²) in [4.78, 5) is 7.35. The zero-order valence-corrected chi connectivity index (χ0v) is 18.0. The molecule has 0 aliphatic rings. The number of rotatable bonds is 9. The van der Waals surface area contributed by atoms with E-state index < -0.39 is 7.81 Å². The fourth-order valence-corrected chi connectivity index (χ4v) is 2.98. The summed E-state index contributed by atoms with van der Waals surface area (Å²) in [7, 11) is -10.7. The summed E-state index contributed by atoms with van der Waals surface area (Å²) < 4.78 is 61.7. The van der Waals surface area contributed by atoms with Gasteiger partial charge in [0.1, 0.15) is 0 Å². The zero-order chi connectivity index (χ0) is 22.2. The van der Waals surface area contributed by atoms with Crippen molar-refractivity contribution in [1.29, 1.82) is 0 Å². The van der Waals surface area contributed by atoms with Crippen molar-refractivity contribution in [2.75, 3.05) is 0 Å². The molecule has 0 atom stereocenters. The van der Waals surface area contributed by atoms with Crippen LogP contribution in [-0.4, -0.2) is 9.97 Å². The van der Waals surface area contributed by atoms with Crippen LogP contribution in [-0.2, 0) is 25.8 Å². The van der Waals surface area contributed by atoms with Gasteiger partial charge in [-0.3, -0.25) is 0 Å². The van der Waals surface area contributed by atoms with Gasteiger partial charge in [-0.25, -0.2) is 4.98 Å². The monoisotopic (exact) mass is 445 g/mol. The maximum atomic E-state index is 9.87. The number of aromatic nitrogens is 3. The Kier molecular flexibility index (Phi) is 8.28. The second kappa shape index (κ2) is 9.45. The van der Waals surface area contributed by atoms with Crippen molar-refractivity contribution in [2.24, 2.45) is 0 Å². The van der Waals surface area contributed by atoms with Crippen LogP contribution in [0.3, 0.4) is 0 Å². The van der Waals surface area contributed by atoms with E-state index in [1.54, 1.807) is 6.33 Å². The second-order valence-electron chi connectivity index (χ2n) is 7.16. The molecular formula is C19H30F6N3P. The van der Waals surface area contributed by atoms with Gasteiger partial charge in [0.2, 0.25) is 0 Å².